The number of benzene rings is 2. The van der Waals surface area contributed by atoms with Crippen molar-refractivity contribution in [2.75, 3.05) is 5.73 Å². The molecule has 2 aromatic carbocycles. The molecule has 0 bridgehead atoms. The Morgan fingerprint density at radius 2 is 1.62 bits per heavy atom. The van der Waals surface area contributed by atoms with Crippen LogP contribution < -0.4 is 20.8 Å². The lowest BCUT2D eigenvalue weighted by atomic mass is 9.95. The van der Waals surface area contributed by atoms with E-state index in [0.717, 1.165) is 15.8 Å². The van der Waals surface area contributed by atoms with E-state index in [-0.39, 0.29) is 0 Å². The number of nitrogens with one attached hydrogen (secondary N) is 2. The van der Waals surface area contributed by atoms with Crippen LogP contribution in [0.3, 0.4) is 0 Å². The van der Waals surface area contributed by atoms with Gasteiger partial charge in [0.15, 0.2) is 0 Å². The van der Waals surface area contributed by atoms with Crippen LogP contribution in [0.1, 0.15) is 63.0 Å². The zero-order valence-electron chi connectivity index (χ0n) is 20.7. The molecule has 2 aromatic rings. The second-order valence-electron chi connectivity index (χ2n) is 9.70. The van der Waals surface area contributed by atoms with E-state index in [9.17, 15) is 9.59 Å². The molecule has 0 aromatic heterocycles. The number of imide groups is 1. The first-order chi connectivity index (χ1) is 16.0. The first kappa shape index (κ1) is 26.0. The summed E-state index contributed by atoms with van der Waals surface area (Å²) in [6, 6.07) is 11.1. The van der Waals surface area contributed by atoms with Crippen LogP contribution in [0.25, 0.3) is 5.57 Å². The highest BCUT2D eigenvalue weighted by molar-refractivity contribution is 9.10. The lowest BCUT2D eigenvalue weighted by molar-refractivity contribution is -0.114. The van der Waals surface area contributed by atoms with Crippen LogP contribution in [0.15, 0.2) is 47.1 Å². The van der Waals surface area contributed by atoms with Crippen LogP contribution in [0.4, 0.5) is 5.69 Å². The molecule has 0 fully saturated rings. The molecule has 1 aliphatic heterocycles. The number of amides is 2. The molecule has 0 spiro atoms. The van der Waals surface area contributed by atoms with Crippen molar-refractivity contribution >= 4 is 47.3 Å². The third kappa shape index (κ3) is 5.07. The van der Waals surface area contributed by atoms with Crippen molar-refractivity contribution in [2.24, 2.45) is 0 Å². The summed E-state index contributed by atoms with van der Waals surface area (Å²) in [5.41, 5.74) is 10.7. The molecule has 4 N–H and O–H groups in total. The normalized spacial score (nSPS) is 15.2. The molecule has 1 aliphatic rings. The minimum Gasteiger partial charge on any atom is -0.541 e. The van der Waals surface area contributed by atoms with Crippen LogP contribution in [-0.2, 0) is 11.3 Å². The number of hydrogen-bond acceptors (Lipinski definition) is 5. The van der Waals surface area contributed by atoms with Gasteiger partial charge in [-0.2, -0.15) is 0 Å². The van der Waals surface area contributed by atoms with Crippen LogP contribution >= 0.6 is 15.9 Å². The first-order valence-electron chi connectivity index (χ1n) is 11.6. The van der Waals surface area contributed by atoms with Crippen molar-refractivity contribution in [3.05, 3.63) is 63.8 Å². The standard InChI is InChI=1S/C26H34BrN3O3Si/c1-15(2)34(16(3)4,17(5)6)33-24-11-18(7-10-23(24)28)13-29-14-22-21-12-19(27)8-9-20(21)25(31)30-26(22)32/h7-12,14-17,29H,13,28H2,1-6H3,(H,30,31,32)/b22-14-. The molecule has 0 saturated carbocycles. The number of nitrogens with two attached hydrogens (primary N) is 1. The van der Waals surface area contributed by atoms with E-state index in [2.05, 4.69) is 68.1 Å². The lowest BCUT2D eigenvalue weighted by Crippen LogP contribution is -2.50. The fraction of sp³-hybridized carbons (Fsp3) is 0.385. The van der Waals surface area contributed by atoms with E-state index in [0.29, 0.717) is 45.6 Å². The molecule has 0 radical (unpaired) electrons. The number of fused-ring (bicyclic) bond motifs is 1. The van der Waals surface area contributed by atoms with Gasteiger partial charge in [0.25, 0.3) is 20.1 Å². The maximum absolute atomic E-state index is 12.5. The summed E-state index contributed by atoms with van der Waals surface area (Å²) in [7, 11) is -2.14. The third-order valence-corrected chi connectivity index (χ3v) is 13.1. The zero-order valence-corrected chi connectivity index (χ0v) is 23.2. The van der Waals surface area contributed by atoms with Gasteiger partial charge in [0.2, 0.25) is 0 Å². The SMILES string of the molecule is CC(C)[Si](Oc1cc(CN/C=C2\C(=O)NC(=O)c3ccc(Br)cc32)ccc1N)(C(C)C)C(C)C. The molecule has 0 aliphatic carbocycles. The molecule has 0 saturated heterocycles. The van der Waals surface area contributed by atoms with E-state index >= 15 is 0 Å². The second kappa shape index (κ2) is 10.4. The van der Waals surface area contributed by atoms with Crippen molar-refractivity contribution in [1.29, 1.82) is 0 Å². The van der Waals surface area contributed by atoms with Crippen LogP contribution in [0, 0.1) is 0 Å². The van der Waals surface area contributed by atoms with Crippen LogP contribution in [0.5, 0.6) is 5.75 Å². The van der Waals surface area contributed by atoms with Gasteiger partial charge in [-0.1, -0.05) is 63.5 Å². The van der Waals surface area contributed by atoms with Crippen molar-refractivity contribution in [3.63, 3.8) is 0 Å². The zero-order chi connectivity index (χ0) is 25.2. The number of carbonyl (C=O) groups is 2. The Kier molecular flexibility index (Phi) is 7.93. The molecular formula is C26H34BrN3O3Si. The maximum atomic E-state index is 12.5. The van der Waals surface area contributed by atoms with Gasteiger partial charge in [0.05, 0.1) is 11.3 Å². The van der Waals surface area contributed by atoms with E-state index in [4.69, 9.17) is 10.2 Å². The number of carbonyl (C=O) groups excluding carboxylic acids is 2. The van der Waals surface area contributed by atoms with Gasteiger partial charge in [-0.3, -0.25) is 14.9 Å². The molecule has 34 heavy (non-hydrogen) atoms. The predicted molar refractivity (Wildman–Crippen MR) is 144 cm³/mol. The number of anilines is 1. The third-order valence-electron chi connectivity index (χ3n) is 6.61. The average molecular weight is 545 g/mol. The van der Waals surface area contributed by atoms with Crippen molar-refractivity contribution in [1.82, 2.24) is 10.6 Å². The molecule has 0 atom stereocenters. The quantitative estimate of drug-likeness (QED) is 0.164. The molecule has 3 rings (SSSR count). The first-order valence-corrected chi connectivity index (χ1v) is 14.6. The number of nitrogen functional groups attached to an aromatic ring is 1. The van der Waals surface area contributed by atoms with E-state index < -0.39 is 20.1 Å². The molecule has 2 amide bonds. The Labute approximate surface area is 211 Å². The summed E-state index contributed by atoms with van der Waals surface area (Å²) < 4.78 is 7.61. The highest BCUT2D eigenvalue weighted by atomic mass is 79.9. The van der Waals surface area contributed by atoms with Crippen molar-refractivity contribution in [3.8, 4) is 5.75 Å². The highest BCUT2D eigenvalue weighted by Gasteiger charge is 2.47. The summed E-state index contributed by atoms with van der Waals surface area (Å²) in [6.07, 6.45) is 1.65. The van der Waals surface area contributed by atoms with Gasteiger partial charge in [0.1, 0.15) is 5.75 Å². The van der Waals surface area contributed by atoms with E-state index in [1.165, 1.54) is 0 Å². The molecular weight excluding hydrogens is 510 g/mol. The molecule has 6 nitrogen and oxygen atoms in total. The highest BCUT2D eigenvalue weighted by Crippen LogP contribution is 2.44. The number of halogens is 1. The minimum atomic E-state index is -2.14. The molecule has 8 heteroatoms. The Morgan fingerprint density at radius 1 is 0.971 bits per heavy atom. The van der Waals surface area contributed by atoms with Gasteiger partial charge in [-0.15, -0.1) is 0 Å². The lowest BCUT2D eigenvalue weighted by Gasteiger charge is -2.42. The Balaban J connectivity index is 1.85. The van der Waals surface area contributed by atoms with Gasteiger partial charge in [-0.25, -0.2) is 0 Å². The summed E-state index contributed by atoms with van der Waals surface area (Å²) >= 11 is 3.42. The Hall–Kier alpha value is -2.58. The topological polar surface area (TPSA) is 93.5 Å². The van der Waals surface area contributed by atoms with Crippen molar-refractivity contribution in [2.45, 2.75) is 64.7 Å². The average Bonchev–Trinajstić information content (AvgIpc) is 2.75. The summed E-state index contributed by atoms with van der Waals surface area (Å²) in [6.45, 7) is 14.0. The number of rotatable bonds is 8. The Bertz CT molecular complexity index is 1110. The minimum absolute atomic E-state index is 0.391. The van der Waals surface area contributed by atoms with Crippen molar-refractivity contribution < 1.29 is 14.0 Å². The van der Waals surface area contributed by atoms with E-state index in [1.807, 2.05) is 18.2 Å². The molecule has 182 valence electrons. The van der Waals surface area contributed by atoms with Gasteiger partial charge in [0, 0.05) is 28.3 Å². The monoisotopic (exact) mass is 543 g/mol. The summed E-state index contributed by atoms with van der Waals surface area (Å²) in [5, 5.41) is 5.61. The van der Waals surface area contributed by atoms with Gasteiger partial charge < -0.3 is 15.5 Å². The second-order valence-corrected chi connectivity index (χ2v) is 16.0. The van der Waals surface area contributed by atoms with Crippen LogP contribution in [0.2, 0.25) is 16.6 Å². The smallest absolute Gasteiger partial charge is 0.260 e. The van der Waals surface area contributed by atoms with Crippen LogP contribution in [-0.4, -0.2) is 20.1 Å². The fourth-order valence-corrected chi connectivity index (χ4v) is 10.7. The van der Waals surface area contributed by atoms with E-state index in [1.54, 1.807) is 24.4 Å². The maximum Gasteiger partial charge on any atom is 0.260 e. The van der Waals surface area contributed by atoms with Gasteiger partial charge >= 0.3 is 0 Å². The number of hydrogen-bond donors (Lipinski definition) is 3. The van der Waals surface area contributed by atoms with Gasteiger partial charge in [-0.05, 0) is 52.5 Å². The summed E-state index contributed by atoms with van der Waals surface area (Å²) in [4.78, 5) is 24.6. The fourth-order valence-electron chi connectivity index (χ4n) is 5.03. The summed E-state index contributed by atoms with van der Waals surface area (Å²) in [5.74, 6) is -0.0888. The molecule has 0 unspecified atom stereocenters. The Morgan fingerprint density at radius 3 is 2.24 bits per heavy atom. The largest absolute Gasteiger partial charge is 0.541 e. The molecule has 1 heterocycles. The predicted octanol–water partition coefficient (Wildman–Crippen LogP) is 5.99.